The second kappa shape index (κ2) is 5.09. The molecule has 1 aromatic rings. The molecule has 17 heavy (non-hydrogen) atoms. The number of nitrogens with one attached hydrogen (secondary N) is 1. The van der Waals surface area contributed by atoms with Crippen molar-refractivity contribution in [2.75, 3.05) is 6.61 Å². The highest BCUT2D eigenvalue weighted by atomic mass is 16.5. The van der Waals surface area contributed by atoms with Crippen LogP contribution in [0.5, 0.6) is 5.75 Å². The third-order valence-electron chi connectivity index (χ3n) is 4.02. The van der Waals surface area contributed by atoms with E-state index in [2.05, 4.69) is 23.5 Å². The third kappa shape index (κ3) is 2.63. The number of hydrogen-bond acceptors (Lipinski definition) is 2. The molecule has 1 aromatic carbocycles. The highest BCUT2D eigenvalue weighted by Crippen LogP contribution is 2.26. The molecule has 0 saturated heterocycles. The maximum atomic E-state index is 5.94. The van der Waals surface area contributed by atoms with Gasteiger partial charge in [0, 0.05) is 13.1 Å². The summed E-state index contributed by atoms with van der Waals surface area (Å²) in [6, 6.07) is 6.53. The molecule has 0 aromatic heterocycles. The molecule has 0 amide bonds. The van der Waals surface area contributed by atoms with Gasteiger partial charge in [-0.15, -0.1) is 0 Å². The van der Waals surface area contributed by atoms with Gasteiger partial charge in [-0.05, 0) is 42.0 Å². The molecule has 2 nitrogen and oxygen atoms in total. The normalized spacial score (nSPS) is 20.2. The quantitative estimate of drug-likeness (QED) is 0.862. The summed E-state index contributed by atoms with van der Waals surface area (Å²) in [4.78, 5) is 0. The second-order valence-corrected chi connectivity index (χ2v) is 5.35. The maximum absolute atomic E-state index is 5.94. The van der Waals surface area contributed by atoms with Crippen LogP contribution in [0, 0.1) is 5.92 Å². The number of rotatable bonds is 3. The fraction of sp³-hybridized carbons (Fsp3) is 0.600. The molecular formula is C15H21NO. The SMILES string of the molecule is c1cc2c(cc1OCC1CCCCC1)CNC2. The average molecular weight is 231 g/mol. The summed E-state index contributed by atoms with van der Waals surface area (Å²) in [5.41, 5.74) is 2.83. The minimum Gasteiger partial charge on any atom is -0.493 e. The van der Waals surface area contributed by atoms with Crippen LogP contribution >= 0.6 is 0 Å². The molecule has 1 saturated carbocycles. The Bertz CT molecular complexity index is 383. The van der Waals surface area contributed by atoms with Gasteiger partial charge in [0.25, 0.3) is 0 Å². The van der Waals surface area contributed by atoms with Crippen molar-refractivity contribution in [3.05, 3.63) is 29.3 Å². The van der Waals surface area contributed by atoms with Gasteiger partial charge in [0.05, 0.1) is 6.61 Å². The lowest BCUT2D eigenvalue weighted by Gasteiger charge is -2.21. The van der Waals surface area contributed by atoms with Crippen molar-refractivity contribution < 1.29 is 4.74 Å². The summed E-state index contributed by atoms with van der Waals surface area (Å²) < 4.78 is 5.94. The van der Waals surface area contributed by atoms with Crippen LogP contribution in [0.3, 0.4) is 0 Å². The van der Waals surface area contributed by atoms with E-state index in [4.69, 9.17) is 4.74 Å². The molecule has 1 fully saturated rings. The van der Waals surface area contributed by atoms with Gasteiger partial charge in [0.2, 0.25) is 0 Å². The fourth-order valence-electron chi connectivity index (χ4n) is 2.93. The van der Waals surface area contributed by atoms with Crippen LogP contribution in [0.2, 0.25) is 0 Å². The molecular weight excluding hydrogens is 210 g/mol. The minimum absolute atomic E-state index is 0.787. The topological polar surface area (TPSA) is 21.3 Å². The lowest BCUT2D eigenvalue weighted by molar-refractivity contribution is 0.208. The van der Waals surface area contributed by atoms with E-state index in [1.165, 1.54) is 43.2 Å². The van der Waals surface area contributed by atoms with Crippen LogP contribution in [0.25, 0.3) is 0 Å². The van der Waals surface area contributed by atoms with E-state index in [9.17, 15) is 0 Å². The van der Waals surface area contributed by atoms with Gasteiger partial charge < -0.3 is 10.1 Å². The highest BCUT2D eigenvalue weighted by molar-refractivity contribution is 5.37. The zero-order valence-electron chi connectivity index (χ0n) is 10.4. The molecule has 1 aliphatic heterocycles. The Hall–Kier alpha value is -1.02. The highest BCUT2D eigenvalue weighted by Gasteiger charge is 2.15. The van der Waals surface area contributed by atoms with Gasteiger partial charge in [0.15, 0.2) is 0 Å². The van der Waals surface area contributed by atoms with Crippen LogP contribution < -0.4 is 10.1 Å². The third-order valence-corrected chi connectivity index (χ3v) is 4.02. The van der Waals surface area contributed by atoms with Crippen molar-refractivity contribution in [1.82, 2.24) is 5.32 Å². The number of hydrogen-bond donors (Lipinski definition) is 1. The Morgan fingerprint density at radius 3 is 2.76 bits per heavy atom. The van der Waals surface area contributed by atoms with E-state index in [0.717, 1.165) is 31.4 Å². The van der Waals surface area contributed by atoms with Crippen molar-refractivity contribution >= 4 is 0 Å². The van der Waals surface area contributed by atoms with Gasteiger partial charge in [-0.2, -0.15) is 0 Å². The zero-order chi connectivity index (χ0) is 11.5. The molecule has 1 heterocycles. The van der Waals surface area contributed by atoms with E-state index >= 15 is 0 Å². The Morgan fingerprint density at radius 1 is 1.06 bits per heavy atom. The summed E-state index contributed by atoms with van der Waals surface area (Å²) in [5.74, 6) is 1.84. The van der Waals surface area contributed by atoms with Crippen LogP contribution in [0.15, 0.2) is 18.2 Å². The van der Waals surface area contributed by atoms with E-state index in [1.807, 2.05) is 0 Å². The van der Waals surface area contributed by atoms with Crippen LogP contribution in [0.4, 0.5) is 0 Å². The first-order valence-electron chi connectivity index (χ1n) is 6.87. The molecule has 0 unspecified atom stereocenters. The Kier molecular flexibility index (Phi) is 3.32. The van der Waals surface area contributed by atoms with E-state index in [0.29, 0.717) is 0 Å². The molecule has 0 bridgehead atoms. The van der Waals surface area contributed by atoms with Gasteiger partial charge >= 0.3 is 0 Å². The van der Waals surface area contributed by atoms with Crippen molar-refractivity contribution in [2.45, 2.75) is 45.2 Å². The molecule has 2 aliphatic rings. The zero-order valence-corrected chi connectivity index (χ0v) is 10.4. The van der Waals surface area contributed by atoms with Gasteiger partial charge in [0.1, 0.15) is 5.75 Å². The molecule has 0 atom stereocenters. The molecule has 0 radical (unpaired) electrons. The first-order valence-corrected chi connectivity index (χ1v) is 6.87. The predicted octanol–water partition coefficient (Wildman–Crippen LogP) is 3.25. The number of ether oxygens (including phenoxy) is 1. The van der Waals surface area contributed by atoms with Gasteiger partial charge in [-0.25, -0.2) is 0 Å². The second-order valence-electron chi connectivity index (χ2n) is 5.35. The van der Waals surface area contributed by atoms with Crippen molar-refractivity contribution in [2.24, 2.45) is 5.92 Å². The smallest absolute Gasteiger partial charge is 0.119 e. The summed E-state index contributed by atoms with van der Waals surface area (Å²) in [5, 5.41) is 3.36. The van der Waals surface area contributed by atoms with Crippen molar-refractivity contribution in [3.8, 4) is 5.75 Å². The summed E-state index contributed by atoms with van der Waals surface area (Å²) in [6.07, 6.45) is 6.91. The van der Waals surface area contributed by atoms with Crippen LogP contribution in [0.1, 0.15) is 43.2 Å². The van der Waals surface area contributed by atoms with E-state index < -0.39 is 0 Å². The number of fused-ring (bicyclic) bond motifs is 1. The Labute approximate surface area is 103 Å². The minimum atomic E-state index is 0.787. The lowest BCUT2D eigenvalue weighted by atomic mass is 9.90. The number of benzene rings is 1. The first-order chi connectivity index (χ1) is 8.42. The molecule has 2 heteroatoms. The van der Waals surface area contributed by atoms with E-state index in [1.54, 1.807) is 0 Å². The van der Waals surface area contributed by atoms with Gasteiger partial charge in [-0.3, -0.25) is 0 Å². The monoisotopic (exact) mass is 231 g/mol. The summed E-state index contributed by atoms with van der Waals surface area (Å²) in [6.45, 7) is 2.92. The molecule has 1 N–H and O–H groups in total. The molecule has 3 rings (SSSR count). The lowest BCUT2D eigenvalue weighted by Crippen LogP contribution is -2.15. The largest absolute Gasteiger partial charge is 0.493 e. The van der Waals surface area contributed by atoms with E-state index in [-0.39, 0.29) is 0 Å². The summed E-state index contributed by atoms with van der Waals surface area (Å²) >= 11 is 0. The first kappa shape index (κ1) is 11.1. The van der Waals surface area contributed by atoms with Crippen LogP contribution in [-0.4, -0.2) is 6.61 Å². The van der Waals surface area contributed by atoms with Crippen molar-refractivity contribution in [3.63, 3.8) is 0 Å². The fourth-order valence-corrected chi connectivity index (χ4v) is 2.93. The molecule has 0 spiro atoms. The maximum Gasteiger partial charge on any atom is 0.119 e. The Morgan fingerprint density at radius 2 is 1.88 bits per heavy atom. The molecule has 1 aliphatic carbocycles. The average Bonchev–Trinajstić information content (AvgIpc) is 2.85. The standard InChI is InChI=1S/C15H21NO/c1-2-4-12(5-3-1)11-17-15-7-6-13-9-16-10-14(13)8-15/h6-8,12,16H,1-5,9-11H2. The Balaban J connectivity index is 1.57. The predicted molar refractivity (Wildman–Crippen MR) is 69.1 cm³/mol. The van der Waals surface area contributed by atoms with Crippen LogP contribution in [-0.2, 0) is 13.1 Å². The molecule has 92 valence electrons. The van der Waals surface area contributed by atoms with Gasteiger partial charge in [-0.1, -0.05) is 25.3 Å². The summed E-state index contributed by atoms with van der Waals surface area (Å²) in [7, 11) is 0. The van der Waals surface area contributed by atoms with Crippen molar-refractivity contribution in [1.29, 1.82) is 0 Å².